The molecule has 2 N–H and O–H groups in total. The van der Waals surface area contributed by atoms with Crippen LogP contribution in [0.1, 0.15) is 17.9 Å². The third-order valence-corrected chi connectivity index (χ3v) is 4.77. The number of aliphatic carboxylic acids is 1. The lowest BCUT2D eigenvalue weighted by Crippen LogP contribution is -2.47. The molecule has 0 bridgehead atoms. The Morgan fingerprint density at radius 2 is 2.05 bits per heavy atom. The van der Waals surface area contributed by atoms with Gasteiger partial charge in [-0.05, 0) is 12.0 Å². The van der Waals surface area contributed by atoms with Gasteiger partial charge in [-0.2, -0.15) is 0 Å². The molecule has 2 fully saturated rings. The number of hydrogen-bond donors (Lipinski definition) is 2. The van der Waals surface area contributed by atoms with E-state index in [2.05, 4.69) is 17.4 Å². The molecular formula is C14H16N2O3S. The van der Waals surface area contributed by atoms with Crippen molar-refractivity contribution in [2.24, 2.45) is 0 Å². The van der Waals surface area contributed by atoms with E-state index in [1.54, 1.807) is 0 Å². The van der Waals surface area contributed by atoms with Crippen LogP contribution in [0.2, 0.25) is 0 Å². The minimum Gasteiger partial charge on any atom is -0.480 e. The maximum atomic E-state index is 12.1. The highest BCUT2D eigenvalue weighted by molar-refractivity contribution is 7.99. The molecule has 0 spiro atoms. The summed E-state index contributed by atoms with van der Waals surface area (Å²) in [5, 5.41) is 12.0. The van der Waals surface area contributed by atoms with Crippen LogP contribution in [0.5, 0.6) is 0 Å². The monoisotopic (exact) mass is 292 g/mol. The lowest BCUT2D eigenvalue weighted by Gasteiger charge is -2.21. The number of amides is 2. The van der Waals surface area contributed by atoms with Gasteiger partial charge < -0.3 is 15.3 Å². The second-order valence-electron chi connectivity index (χ2n) is 5.13. The first-order chi connectivity index (χ1) is 9.66. The van der Waals surface area contributed by atoms with E-state index in [-0.39, 0.29) is 12.1 Å². The summed E-state index contributed by atoms with van der Waals surface area (Å²) in [5.41, 5.74) is 1.23. The van der Waals surface area contributed by atoms with Gasteiger partial charge in [0.05, 0.1) is 5.88 Å². The lowest BCUT2D eigenvalue weighted by atomic mass is 10.1. The molecule has 1 aromatic rings. The van der Waals surface area contributed by atoms with E-state index in [1.165, 1.54) is 22.2 Å². The van der Waals surface area contributed by atoms with Crippen LogP contribution in [0.4, 0.5) is 4.79 Å². The minimum absolute atomic E-state index is 0.130. The third kappa shape index (κ3) is 2.60. The van der Waals surface area contributed by atoms with Crippen molar-refractivity contribution < 1.29 is 14.7 Å². The molecule has 0 aromatic heterocycles. The summed E-state index contributed by atoms with van der Waals surface area (Å²) in [5.74, 6) is 0.348. The Morgan fingerprint density at radius 1 is 1.30 bits per heavy atom. The highest BCUT2D eigenvalue weighted by Crippen LogP contribution is 2.40. The van der Waals surface area contributed by atoms with Gasteiger partial charge in [0.25, 0.3) is 0 Å². The van der Waals surface area contributed by atoms with Gasteiger partial charge in [-0.15, -0.1) is 11.8 Å². The van der Waals surface area contributed by atoms with Crippen molar-refractivity contribution in [3.05, 3.63) is 35.9 Å². The third-order valence-electron chi connectivity index (χ3n) is 3.76. The first kappa shape index (κ1) is 13.3. The van der Waals surface area contributed by atoms with Crippen LogP contribution in [-0.4, -0.2) is 45.7 Å². The molecule has 1 aliphatic heterocycles. The minimum atomic E-state index is -0.930. The first-order valence-corrected chi connectivity index (χ1v) is 7.75. The second-order valence-corrected chi connectivity index (χ2v) is 6.13. The Kier molecular flexibility index (Phi) is 3.56. The SMILES string of the molecule is O=C(O)[C@@H]1CSCN1C(=O)NC1CC1c1ccccc1. The van der Waals surface area contributed by atoms with E-state index in [4.69, 9.17) is 5.11 Å². The fourth-order valence-electron chi connectivity index (χ4n) is 2.51. The molecule has 1 aromatic carbocycles. The Labute approximate surface area is 121 Å². The van der Waals surface area contributed by atoms with Gasteiger partial charge in [-0.25, -0.2) is 9.59 Å². The molecule has 1 aliphatic carbocycles. The van der Waals surface area contributed by atoms with Crippen molar-refractivity contribution in [3.63, 3.8) is 0 Å². The molecule has 2 unspecified atom stereocenters. The molecule has 106 valence electrons. The molecule has 2 amide bonds. The van der Waals surface area contributed by atoms with Crippen LogP contribution in [0.3, 0.4) is 0 Å². The van der Waals surface area contributed by atoms with Gasteiger partial charge in [0, 0.05) is 17.7 Å². The number of nitrogens with one attached hydrogen (secondary N) is 1. The number of hydrogen-bond acceptors (Lipinski definition) is 3. The molecule has 1 saturated heterocycles. The maximum Gasteiger partial charge on any atom is 0.327 e. The Morgan fingerprint density at radius 3 is 2.75 bits per heavy atom. The van der Waals surface area contributed by atoms with Crippen molar-refractivity contribution >= 4 is 23.8 Å². The van der Waals surface area contributed by atoms with E-state index in [1.807, 2.05) is 18.2 Å². The van der Waals surface area contributed by atoms with Crippen LogP contribution in [0.15, 0.2) is 30.3 Å². The number of carbonyl (C=O) groups excluding carboxylic acids is 1. The van der Waals surface area contributed by atoms with Crippen LogP contribution in [-0.2, 0) is 4.79 Å². The molecule has 3 rings (SSSR count). The molecule has 1 heterocycles. The van der Waals surface area contributed by atoms with Crippen molar-refractivity contribution in [1.29, 1.82) is 0 Å². The van der Waals surface area contributed by atoms with Gasteiger partial charge in [0.1, 0.15) is 6.04 Å². The smallest absolute Gasteiger partial charge is 0.327 e. The highest BCUT2D eigenvalue weighted by Gasteiger charge is 2.42. The molecule has 0 radical (unpaired) electrons. The summed E-state index contributed by atoms with van der Waals surface area (Å²) < 4.78 is 0. The number of benzene rings is 1. The summed E-state index contributed by atoms with van der Waals surface area (Å²) in [7, 11) is 0. The van der Waals surface area contributed by atoms with Crippen LogP contribution >= 0.6 is 11.8 Å². The summed E-state index contributed by atoms with van der Waals surface area (Å²) in [6, 6.07) is 9.24. The number of carbonyl (C=O) groups is 2. The predicted molar refractivity (Wildman–Crippen MR) is 76.7 cm³/mol. The van der Waals surface area contributed by atoms with Crippen LogP contribution in [0.25, 0.3) is 0 Å². The first-order valence-electron chi connectivity index (χ1n) is 6.59. The van der Waals surface area contributed by atoms with Crippen molar-refractivity contribution in [1.82, 2.24) is 10.2 Å². The lowest BCUT2D eigenvalue weighted by molar-refractivity contribution is -0.140. The van der Waals surface area contributed by atoms with Gasteiger partial charge in [-0.3, -0.25) is 0 Å². The second kappa shape index (κ2) is 5.36. The Bertz CT molecular complexity index is 522. The predicted octanol–water partition coefficient (Wildman–Crippen LogP) is 1.71. The van der Waals surface area contributed by atoms with Gasteiger partial charge >= 0.3 is 12.0 Å². The number of nitrogens with zero attached hydrogens (tertiary/aromatic N) is 1. The molecular weight excluding hydrogens is 276 g/mol. The molecule has 20 heavy (non-hydrogen) atoms. The van der Waals surface area contributed by atoms with Gasteiger partial charge in [-0.1, -0.05) is 30.3 Å². The average molecular weight is 292 g/mol. The van der Waals surface area contributed by atoms with E-state index in [9.17, 15) is 9.59 Å². The summed E-state index contributed by atoms with van der Waals surface area (Å²) in [6.45, 7) is 0. The molecule has 6 heteroatoms. The number of carboxylic acids is 1. The van der Waals surface area contributed by atoms with Crippen molar-refractivity contribution in [3.8, 4) is 0 Å². The zero-order chi connectivity index (χ0) is 14.1. The summed E-state index contributed by atoms with van der Waals surface area (Å²) in [4.78, 5) is 24.6. The van der Waals surface area contributed by atoms with Gasteiger partial charge in [0.2, 0.25) is 0 Å². The fourth-order valence-corrected chi connectivity index (χ4v) is 3.66. The number of carboxylic acid groups (broad SMARTS) is 1. The highest BCUT2D eigenvalue weighted by atomic mass is 32.2. The maximum absolute atomic E-state index is 12.1. The Balaban J connectivity index is 1.57. The van der Waals surface area contributed by atoms with Crippen LogP contribution in [0, 0.1) is 0 Å². The van der Waals surface area contributed by atoms with E-state index >= 15 is 0 Å². The standard InChI is InChI=1S/C14H16N2O3S/c17-13(18)12-7-20-8-16(12)14(19)15-11-6-10(11)9-4-2-1-3-5-9/h1-5,10-12H,6-8H2,(H,15,19)(H,17,18)/t10?,11?,12-/m0/s1. The van der Waals surface area contributed by atoms with Gasteiger partial charge in [0.15, 0.2) is 0 Å². The summed E-state index contributed by atoms with van der Waals surface area (Å²) >= 11 is 1.48. The van der Waals surface area contributed by atoms with Crippen molar-refractivity contribution in [2.75, 3.05) is 11.6 Å². The molecule has 5 nitrogen and oxygen atoms in total. The van der Waals surface area contributed by atoms with Crippen LogP contribution < -0.4 is 5.32 Å². The summed E-state index contributed by atoms with van der Waals surface area (Å²) in [6.07, 6.45) is 0.925. The quantitative estimate of drug-likeness (QED) is 0.890. The number of thioether (sulfide) groups is 1. The number of rotatable bonds is 3. The molecule has 2 aliphatic rings. The van der Waals surface area contributed by atoms with E-state index in [0.29, 0.717) is 17.5 Å². The van der Waals surface area contributed by atoms with Crippen molar-refractivity contribution in [2.45, 2.75) is 24.4 Å². The number of urea groups is 1. The normalized spacial score (nSPS) is 28.2. The zero-order valence-electron chi connectivity index (χ0n) is 10.9. The topological polar surface area (TPSA) is 69.6 Å². The van der Waals surface area contributed by atoms with E-state index in [0.717, 1.165) is 6.42 Å². The molecule has 3 atom stereocenters. The zero-order valence-corrected chi connectivity index (χ0v) is 11.7. The van der Waals surface area contributed by atoms with E-state index < -0.39 is 12.0 Å². The molecule has 1 saturated carbocycles. The fraction of sp³-hybridized carbons (Fsp3) is 0.429. The largest absolute Gasteiger partial charge is 0.480 e. The Hall–Kier alpha value is -1.69. The average Bonchev–Trinajstić information content (AvgIpc) is 3.02.